The molecule has 152 valence electrons. The minimum Gasteiger partial charge on any atom is -0.508 e. The Labute approximate surface area is 177 Å². The van der Waals surface area contributed by atoms with E-state index in [-0.39, 0.29) is 17.9 Å². The minimum absolute atomic E-state index is 0.0151. The second kappa shape index (κ2) is 7.72. The number of aromatic hydroxyl groups is 1. The lowest BCUT2D eigenvalue weighted by Gasteiger charge is -2.26. The van der Waals surface area contributed by atoms with Gasteiger partial charge in [0.2, 0.25) is 5.78 Å². The number of rotatable bonds is 5. The summed E-state index contributed by atoms with van der Waals surface area (Å²) >= 11 is 1.23. The van der Waals surface area contributed by atoms with Crippen LogP contribution in [0.3, 0.4) is 0 Å². The van der Waals surface area contributed by atoms with E-state index in [0.29, 0.717) is 16.1 Å². The van der Waals surface area contributed by atoms with Crippen LogP contribution < -0.4 is 0 Å². The second-order valence-electron chi connectivity index (χ2n) is 7.03. The Balaban J connectivity index is 1.81. The average Bonchev–Trinajstić information content (AvgIpc) is 3.20. The number of aromatic nitrogens is 2. The van der Waals surface area contributed by atoms with Crippen molar-refractivity contribution >= 4 is 23.0 Å². The molecule has 2 N–H and O–H groups in total. The maximum absolute atomic E-state index is 13.4. The number of amides is 1. The predicted octanol–water partition coefficient (Wildman–Crippen LogP) is 3.64. The van der Waals surface area contributed by atoms with Gasteiger partial charge in [-0.15, -0.1) is 11.3 Å². The summed E-state index contributed by atoms with van der Waals surface area (Å²) in [6, 6.07) is 9.03. The number of hydrogen-bond acceptors (Lipinski definition) is 7. The highest BCUT2D eigenvalue weighted by atomic mass is 32.1. The summed E-state index contributed by atoms with van der Waals surface area (Å²) in [5, 5.41) is 21.1. The number of aliphatic hydroxyl groups is 1. The lowest BCUT2D eigenvalue weighted by Crippen LogP contribution is -2.30. The van der Waals surface area contributed by atoms with Crippen LogP contribution in [0.1, 0.15) is 37.5 Å². The van der Waals surface area contributed by atoms with Gasteiger partial charge < -0.3 is 15.1 Å². The number of phenols is 1. The van der Waals surface area contributed by atoms with E-state index in [1.165, 1.54) is 28.4 Å². The number of hydrogen-bond donors (Lipinski definition) is 2. The number of Topliss-reactive ketones (excluding diaryl/α,β-unsaturated/α-hetero) is 1. The molecule has 0 aliphatic carbocycles. The fraction of sp³-hybridized carbons (Fsp3) is 0.182. The fourth-order valence-corrected chi connectivity index (χ4v) is 4.48. The van der Waals surface area contributed by atoms with Gasteiger partial charge in [-0.2, -0.15) is 0 Å². The van der Waals surface area contributed by atoms with E-state index in [9.17, 15) is 19.8 Å². The van der Waals surface area contributed by atoms with E-state index in [1.54, 1.807) is 44.4 Å². The number of nitrogens with zero attached hydrogens (tertiary/aromatic N) is 3. The molecule has 1 unspecified atom stereocenters. The summed E-state index contributed by atoms with van der Waals surface area (Å²) in [6.07, 6.45) is 3.26. The van der Waals surface area contributed by atoms with Gasteiger partial charge in [0.15, 0.2) is 5.76 Å². The molecule has 1 aromatic carbocycles. The van der Waals surface area contributed by atoms with E-state index in [1.807, 2.05) is 6.07 Å². The smallest absolute Gasteiger partial charge is 0.290 e. The zero-order chi connectivity index (χ0) is 21.4. The highest BCUT2D eigenvalue weighted by molar-refractivity contribution is 7.14. The molecule has 1 amide bonds. The summed E-state index contributed by atoms with van der Waals surface area (Å²) in [6.45, 7) is 3.70. The first kappa shape index (κ1) is 19.8. The van der Waals surface area contributed by atoms with E-state index < -0.39 is 23.5 Å². The Morgan fingerprint density at radius 2 is 1.90 bits per heavy atom. The van der Waals surface area contributed by atoms with Gasteiger partial charge in [-0.05, 0) is 43.2 Å². The minimum atomic E-state index is -0.799. The summed E-state index contributed by atoms with van der Waals surface area (Å²) in [5.41, 5.74) is 1.95. The van der Waals surface area contributed by atoms with Crippen molar-refractivity contribution in [2.45, 2.75) is 26.4 Å². The quantitative estimate of drug-likeness (QED) is 0.610. The highest BCUT2D eigenvalue weighted by Gasteiger charge is 2.44. The van der Waals surface area contributed by atoms with Crippen molar-refractivity contribution in [2.75, 3.05) is 0 Å². The molecule has 0 radical (unpaired) electrons. The van der Waals surface area contributed by atoms with Crippen LogP contribution in [-0.2, 0) is 11.3 Å². The summed E-state index contributed by atoms with van der Waals surface area (Å²) in [7, 11) is 0. The lowest BCUT2D eigenvalue weighted by molar-refractivity contribution is -0.130. The van der Waals surface area contributed by atoms with Gasteiger partial charge >= 0.3 is 0 Å². The van der Waals surface area contributed by atoms with Gasteiger partial charge in [0.05, 0.1) is 27.2 Å². The molecule has 3 aromatic rings. The average molecular weight is 421 g/mol. The van der Waals surface area contributed by atoms with Crippen LogP contribution in [-0.4, -0.2) is 36.8 Å². The number of aryl methyl sites for hydroxylation is 2. The SMILES string of the molecule is Cc1nc(C)c(C(=O)C2=C(O)C(=O)N(Cc3cccnc3)C2c2ccc(O)cc2)s1. The van der Waals surface area contributed by atoms with Crippen molar-refractivity contribution < 1.29 is 19.8 Å². The second-order valence-corrected chi connectivity index (χ2v) is 8.23. The molecule has 30 heavy (non-hydrogen) atoms. The molecule has 4 rings (SSSR count). The molecule has 8 heteroatoms. The first-order valence-electron chi connectivity index (χ1n) is 9.27. The van der Waals surface area contributed by atoms with Crippen LogP contribution in [0.25, 0.3) is 0 Å². The Morgan fingerprint density at radius 3 is 2.50 bits per heavy atom. The maximum Gasteiger partial charge on any atom is 0.290 e. The zero-order valence-corrected chi connectivity index (χ0v) is 17.2. The maximum atomic E-state index is 13.4. The van der Waals surface area contributed by atoms with Crippen molar-refractivity contribution in [1.29, 1.82) is 0 Å². The molecular formula is C22H19N3O4S. The lowest BCUT2D eigenvalue weighted by atomic mass is 9.95. The van der Waals surface area contributed by atoms with E-state index >= 15 is 0 Å². The van der Waals surface area contributed by atoms with E-state index in [2.05, 4.69) is 9.97 Å². The third-order valence-electron chi connectivity index (χ3n) is 4.94. The molecule has 0 saturated heterocycles. The number of carbonyl (C=O) groups is 2. The molecule has 0 fully saturated rings. The Bertz CT molecular complexity index is 1150. The van der Waals surface area contributed by atoms with Gasteiger partial charge in [0.25, 0.3) is 5.91 Å². The number of benzene rings is 1. The molecular weight excluding hydrogens is 402 g/mol. The summed E-state index contributed by atoms with van der Waals surface area (Å²) in [4.78, 5) is 36.6. The van der Waals surface area contributed by atoms with Crippen molar-refractivity contribution in [2.24, 2.45) is 0 Å². The highest BCUT2D eigenvalue weighted by Crippen LogP contribution is 2.41. The Hall–Kier alpha value is -3.52. The monoisotopic (exact) mass is 421 g/mol. The van der Waals surface area contributed by atoms with Crippen LogP contribution in [0.4, 0.5) is 0 Å². The van der Waals surface area contributed by atoms with Gasteiger partial charge in [0.1, 0.15) is 5.75 Å². The molecule has 0 saturated carbocycles. The van der Waals surface area contributed by atoms with Crippen LogP contribution in [0, 0.1) is 13.8 Å². The number of pyridine rings is 1. The Morgan fingerprint density at radius 1 is 1.17 bits per heavy atom. The third-order valence-corrected chi connectivity index (χ3v) is 6.01. The molecule has 0 spiro atoms. The molecule has 0 bridgehead atoms. The van der Waals surface area contributed by atoms with Crippen molar-refractivity contribution in [3.05, 3.63) is 86.8 Å². The molecule has 3 heterocycles. The van der Waals surface area contributed by atoms with Gasteiger partial charge in [-0.1, -0.05) is 18.2 Å². The summed E-state index contributed by atoms with van der Waals surface area (Å²) < 4.78 is 0. The van der Waals surface area contributed by atoms with E-state index in [0.717, 1.165) is 10.6 Å². The van der Waals surface area contributed by atoms with Gasteiger partial charge in [-0.25, -0.2) is 4.98 Å². The normalized spacial score (nSPS) is 16.4. The van der Waals surface area contributed by atoms with Crippen LogP contribution in [0.2, 0.25) is 0 Å². The number of phenolic OH excluding ortho intramolecular Hbond substituents is 1. The van der Waals surface area contributed by atoms with E-state index in [4.69, 9.17) is 0 Å². The Kier molecular flexibility index (Phi) is 5.09. The first-order chi connectivity index (χ1) is 14.4. The molecule has 7 nitrogen and oxygen atoms in total. The summed E-state index contributed by atoms with van der Waals surface area (Å²) in [5.74, 6) is -1.54. The van der Waals surface area contributed by atoms with Crippen LogP contribution in [0.15, 0.2) is 60.1 Å². The molecule has 1 atom stereocenters. The number of thiazole rings is 1. The van der Waals surface area contributed by atoms with Crippen LogP contribution in [0.5, 0.6) is 5.75 Å². The molecule has 1 aliphatic heterocycles. The number of aliphatic hydroxyl groups excluding tert-OH is 1. The van der Waals surface area contributed by atoms with Crippen molar-refractivity contribution in [1.82, 2.24) is 14.9 Å². The van der Waals surface area contributed by atoms with Gasteiger partial charge in [-0.3, -0.25) is 14.6 Å². The molecule has 1 aliphatic rings. The first-order valence-corrected chi connectivity index (χ1v) is 10.1. The van der Waals surface area contributed by atoms with Crippen molar-refractivity contribution in [3.63, 3.8) is 0 Å². The fourth-order valence-electron chi connectivity index (χ4n) is 3.60. The zero-order valence-electron chi connectivity index (χ0n) is 16.4. The van der Waals surface area contributed by atoms with Crippen molar-refractivity contribution in [3.8, 4) is 5.75 Å². The number of ketones is 1. The number of carbonyl (C=O) groups excluding carboxylic acids is 2. The predicted molar refractivity (Wildman–Crippen MR) is 111 cm³/mol. The largest absolute Gasteiger partial charge is 0.508 e. The topological polar surface area (TPSA) is 104 Å². The van der Waals surface area contributed by atoms with Gasteiger partial charge in [0, 0.05) is 18.9 Å². The van der Waals surface area contributed by atoms with Crippen LogP contribution >= 0.6 is 11.3 Å². The third kappa shape index (κ3) is 3.46. The molecule has 2 aromatic heterocycles. The standard InChI is InChI=1S/C22H19N3O4S/c1-12-21(30-13(2)24-12)19(27)17-18(15-5-7-16(26)8-6-15)25(22(29)20(17)28)11-14-4-3-9-23-10-14/h3-10,18,26,28H,11H2,1-2H3.